The lowest BCUT2D eigenvalue weighted by Crippen LogP contribution is -2.32. The molecule has 15 heavy (non-hydrogen) atoms. The van der Waals surface area contributed by atoms with E-state index in [1.165, 1.54) is 24.1 Å². The molecule has 0 heterocycles. The maximum absolute atomic E-state index is 6.39. The molecule has 2 rings (SSSR count). The van der Waals surface area contributed by atoms with Gasteiger partial charge in [-0.2, -0.15) is 0 Å². The molecule has 0 atom stereocenters. The molecule has 1 aromatic carbocycles. The zero-order valence-electron chi connectivity index (χ0n) is 9.66. The van der Waals surface area contributed by atoms with Gasteiger partial charge in [0.05, 0.1) is 0 Å². The van der Waals surface area contributed by atoms with Crippen LogP contribution < -0.4 is 10.6 Å². The summed E-state index contributed by atoms with van der Waals surface area (Å²) in [7, 11) is 4.12. The van der Waals surface area contributed by atoms with Crippen LogP contribution in [-0.4, -0.2) is 14.1 Å². The first-order valence-corrected chi connectivity index (χ1v) is 5.69. The lowest BCUT2D eigenvalue weighted by Gasteiger charge is -2.25. The molecule has 0 amide bonds. The van der Waals surface area contributed by atoms with Gasteiger partial charge in [0.25, 0.3) is 0 Å². The van der Waals surface area contributed by atoms with Crippen LogP contribution in [0.1, 0.15) is 31.2 Å². The highest BCUT2D eigenvalue weighted by molar-refractivity contribution is 5.47. The molecule has 0 bridgehead atoms. The molecule has 1 saturated carbocycles. The highest BCUT2D eigenvalue weighted by Crippen LogP contribution is 2.36. The van der Waals surface area contributed by atoms with Gasteiger partial charge in [-0.05, 0) is 30.5 Å². The summed E-state index contributed by atoms with van der Waals surface area (Å²) in [6, 6.07) is 8.67. The fourth-order valence-electron chi connectivity index (χ4n) is 2.39. The van der Waals surface area contributed by atoms with E-state index in [1.807, 2.05) is 0 Å². The minimum atomic E-state index is -0.0508. The van der Waals surface area contributed by atoms with Crippen molar-refractivity contribution in [3.63, 3.8) is 0 Å². The van der Waals surface area contributed by atoms with Gasteiger partial charge in [0.15, 0.2) is 0 Å². The molecule has 82 valence electrons. The third-order valence-corrected chi connectivity index (χ3v) is 3.45. The highest BCUT2D eigenvalue weighted by atomic mass is 15.1. The molecule has 2 N–H and O–H groups in total. The Labute approximate surface area is 92.1 Å². The van der Waals surface area contributed by atoms with Crippen LogP contribution in [0.3, 0.4) is 0 Å². The summed E-state index contributed by atoms with van der Waals surface area (Å²) in [6.07, 6.45) is 4.81. The first-order valence-electron chi connectivity index (χ1n) is 5.69. The molecule has 0 saturated heterocycles. The van der Waals surface area contributed by atoms with E-state index in [4.69, 9.17) is 5.73 Å². The van der Waals surface area contributed by atoms with Crippen LogP contribution in [0.5, 0.6) is 0 Å². The molecule has 0 unspecified atom stereocenters. The van der Waals surface area contributed by atoms with Crippen LogP contribution in [0.25, 0.3) is 0 Å². The van der Waals surface area contributed by atoms with E-state index in [2.05, 4.69) is 43.3 Å². The summed E-state index contributed by atoms with van der Waals surface area (Å²) in [5, 5.41) is 0. The van der Waals surface area contributed by atoms with Gasteiger partial charge < -0.3 is 10.6 Å². The summed E-state index contributed by atoms with van der Waals surface area (Å²) in [4.78, 5) is 2.11. The smallest absolute Gasteiger partial charge is 0.0409 e. The number of nitrogens with two attached hydrogens (primary N) is 1. The Morgan fingerprint density at radius 1 is 1.07 bits per heavy atom. The Hall–Kier alpha value is -1.02. The molecule has 2 heteroatoms. The average Bonchev–Trinajstić information content (AvgIpc) is 2.67. The van der Waals surface area contributed by atoms with E-state index in [-0.39, 0.29) is 5.54 Å². The predicted octanol–water partition coefficient (Wildman–Crippen LogP) is 2.48. The SMILES string of the molecule is CN(C)c1ccc(C2(N)CCCC2)cc1. The van der Waals surface area contributed by atoms with Gasteiger partial charge in [0.1, 0.15) is 0 Å². The molecule has 1 aliphatic carbocycles. The molecular formula is C13H20N2. The summed E-state index contributed by atoms with van der Waals surface area (Å²) < 4.78 is 0. The van der Waals surface area contributed by atoms with Gasteiger partial charge in [0.2, 0.25) is 0 Å². The van der Waals surface area contributed by atoms with Gasteiger partial charge in [-0.15, -0.1) is 0 Å². The van der Waals surface area contributed by atoms with Crippen LogP contribution >= 0.6 is 0 Å². The van der Waals surface area contributed by atoms with Crippen LogP contribution in [0.4, 0.5) is 5.69 Å². The first kappa shape index (κ1) is 10.5. The Kier molecular flexibility index (Phi) is 2.70. The third kappa shape index (κ3) is 2.00. The number of nitrogens with zero attached hydrogens (tertiary/aromatic N) is 1. The second-order valence-electron chi connectivity index (χ2n) is 4.80. The number of rotatable bonds is 2. The van der Waals surface area contributed by atoms with Crippen molar-refractivity contribution < 1.29 is 0 Å². The van der Waals surface area contributed by atoms with Gasteiger partial charge in [-0.3, -0.25) is 0 Å². The van der Waals surface area contributed by atoms with Crippen molar-refractivity contribution in [3.8, 4) is 0 Å². The molecule has 0 aliphatic heterocycles. The topological polar surface area (TPSA) is 29.3 Å². The Bertz CT molecular complexity index is 321. The monoisotopic (exact) mass is 204 g/mol. The van der Waals surface area contributed by atoms with Crippen LogP contribution in [0.15, 0.2) is 24.3 Å². The lowest BCUT2D eigenvalue weighted by molar-refractivity contribution is 0.462. The molecule has 0 spiro atoms. The summed E-state index contributed by atoms with van der Waals surface area (Å²) in [6.45, 7) is 0. The molecule has 1 aliphatic rings. The standard InChI is InChI=1S/C13H20N2/c1-15(2)12-7-5-11(6-8-12)13(14)9-3-4-10-13/h5-8H,3-4,9-10,14H2,1-2H3. The number of benzene rings is 1. The second-order valence-corrected chi connectivity index (χ2v) is 4.80. The normalized spacial score (nSPS) is 19.1. The average molecular weight is 204 g/mol. The van der Waals surface area contributed by atoms with Crippen molar-refractivity contribution >= 4 is 5.69 Å². The molecule has 0 aromatic heterocycles. The zero-order chi connectivity index (χ0) is 10.9. The first-order chi connectivity index (χ1) is 7.12. The highest BCUT2D eigenvalue weighted by Gasteiger charge is 2.30. The molecule has 1 fully saturated rings. The minimum Gasteiger partial charge on any atom is -0.378 e. The molecule has 2 nitrogen and oxygen atoms in total. The number of anilines is 1. The number of hydrogen-bond acceptors (Lipinski definition) is 2. The molecule has 1 aromatic rings. The van der Waals surface area contributed by atoms with Crippen LogP contribution in [0.2, 0.25) is 0 Å². The fraction of sp³-hybridized carbons (Fsp3) is 0.538. The lowest BCUT2D eigenvalue weighted by atomic mass is 9.89. The van der Waals surface area contributed by atoms with Gasteiger partial charge in [-0.25, -0.2) is 0 Å². The summed E-state index contributed by atoms with van der Waals surface area (Å²) >= 11 is 0. The van der Waals surface area contributed by atoms with E-state index >= 15 is 0 Å². The maximum Gasteiger partial charge on any atom is 0.0409 e. The van der Waals surface area contributed by atoms with Crippen molar-refractivity contribution in [1.29, 1.82) is 0 Å². The van der Waals surface area contributed by atoms with Crippen molar-refractivity contribution in [3.05, 3.63) is 29.8 Å². The van der Waals surface area contributed by atoms with Gasteiger partial charge in [0, 0.05) is 25.3 Å². The zero-order valence-corrected chi connectivity index (χ0v) is 9.66. The minimum absolute atomic E-state index is 0.0508. The van der Waals surface area contributed by atoms with E-state index in [0.717, 1.165) is 12.8 Å². The van der Waals surface area contributed by atoms with Crippen molar-refractivity contribution in [2.24, 2.45) is 5.73 Å². The summed E-state index contributed by atoms with van der Waals surface area (Å²) in [5.74, 6) is 0. The molecule has 0 radical (unpaired) electrons. The quantitative estimate of drug-likeness (QED) is 0.802. The van der Waals surface area contributed by atoms with Crippen LogP contribution in [-0.2, 0) is 5.54 Å². The number of hydrogen-bond donors (Lipinski definition) is 1. The van der Waals surface area contributed by atoms with Gasteiger partial charge >= 0.3 is 0 Å². The van der Waals surface area contributed by atoms with Gasteiger partial charge in [-0.1, -0.05) is 25.0 Å². The Morgan fingerprint density at radius 3 is 2.07 bits per heavy atom. The van der Waals surface area contributed by atoms with E-state index in [0.29, 0.717) is 0 Å². The van der Waals surface area contributed by atoms with Crippen molar-refractivity contribution in [1.82, 2.24) is 0 Å². The maximum atomic E-state index is 6.39. The van der Waals surface area contributed by atoms with E-state index in [9.17, 15) is 0 Å². The third-order valence-electron chi connectivity index (χ3n) is 3.45. The Balaban J connectivity index is 2.23. The molecular weight excluding hydrogens is 184 g/mol. The second kappa shape index (κ2) is 3.86. The fourth-order valence-corrected chi connectivity index (χ4v) is 2.39. The predicted molar refractivity (Wildman–Crippen MR) is 65.1 cm³/mol. The summed E-state index contributed by atoms with van der Waals surface area (Å²) in [5.41, 5.74) is 8.88. The Morgan fingerprint density at radius 2 is 1.60 bits per heavy atom. The van der Waals surface area contributed by atoms with Crippen molar-refractivity contribution in [2.45, 2.75) is 31.2 Å². The van der Waals surface area contributed by atoms with E-state index < -0.39 is 0 Å². The van der Waals surface area contributed by atoms with Crippen molar-refractivity contribution in [2.75, 3.05) is 19.0 Å². The largest absolute Gasteiger partial charge is 0.378 e. The van der Waals surface area contributed by atoms with Crippen LogP contribution in [0, 0.1) is 0 Å². The van der Waals surface area contributed by atoms with E-state index in [1.54, 1.807) is 0 Å².